The molecule has 2 bridgehead atoms. The van der Waals surface area contributed by atoms with Gasteiger partial charge < -0.3 is 15.4 Å². The van der Waals surface area contributed by atoms with Gasteiger partial charge in [-0.2, -0.15) is 0 Å². The first-order valence-electron chi connectivity index (χ1n) is 8.14. The highest BCUT2D eigenvalue weighted by Gasteiger charge is 2.33. The Labute approximate surface area is 148 Å². The van der Waals surface area contributed by atoms with E-state index >= 15 is 0 Å². The molecule has 6 heteroatoms. The van der Waals surface area contributed by atoms with Crippen molar-refractivity contribution in [1.29, 1.82) is 0 Å². The predicted octanol–water partition coefficient (Wildman–Crippen LogP) is 3.00. The zero-order valence-electron chi connectivity index (χ0n) is 13.4. The Morgan fingerprint density at radius 3 is 2.52 bits per heavy atom. The molecule has 23 heavy (non-hydrogen) atoms. The molecule has 3 rings (SSSR count). The lowest BCUT2D eigenvalue weighted by Crippen LogP contribution is -2.48. The van der Waals surface area contributed by atoms with Crippen molar-refractivity contribution in [2.45, 2.75) is 55.6 Å². The van der Waals surface area contributed by atoms with Gasteiger partial charge in [0.2, 0.25) is 5.91 Å². The number of halogens is 1. The van der Waals surface area contributed by atoms with E-state index in [1.54, 1.807) is 11.8 Å². The average Bonchev–Trinajstić information content (AvgIpc) is 2.86. The molecular formula is C17H25ClN2O2S. The summed E-state index contributed by atoms with van der Waals surface area (Å²) in [5, 5.41) is 6.80. The second-order valence-corrected chi connectivity index (χ2v) is 7.12. The van der Waals surface area contributed by atoms with Crippen molar-refractivity contribution in [3.63, 3.8) is 0 Å². The first-order chi connectivity index (χ1) is 10.7. The van der Waals surface area contributed by atoms with Crippen molar-refractivity contribution in [2.75, 3.05) is 12.4 Å². The lowest BCUT2D eigenvalue weighted by Gasteiger charge is -2.29. The molecule has 0 aromatic heterocycles. The molecule has 0 saturated carbocycles. The predicted molar refractivity (Wildman–Crippen MR) is 96.7 cm³/mol. The first-order valence-corrected chi connectivity index (χ1v) is 9.12. The molecule has 4 nitrogen and oxygen atoms in total. The van der Waals surface area contributed by atoms with Crippen LogP contribution in [0.1, 0.15) is 32.6 Å². The van der Waals surface area contributed by atoms with Crippen molar-refractivity contribution in [1.82, 2.24) is 10.6 Å². The van der Waals surface area contributed by atoms with Gasteiger partial charge in [-0.25, -0.2) is 0 Å². The lowest BCUT2D eigenvalue weighted by atomic mass is 10.00. The van der Waals surface area contributed by atoms with Gasteiger partial charge in [-0.15, -0.1) is 24.2 Å². The quantitative estimate of drug-likeness (QED) is 0.769. The highest BCUT2D eigenvalue weighted by molar-refractivity contribution is 8.00. The molecule has 2 aliphatic rings. The summed E-state index contributed by atoms with van der Waals surface area (Å²) in [6.45, 7) is 2.65. The zero-order chi connectivity index (χ0) is 15.4. The molecule has 0 aliphatic carbocycles. The molecule has 1 aromatic rings. The van der Waals surface area contributed by atoms with Gasteiger partial charge in [-0.05, 0) is 56.9 Å². The van der Waals surface area contributed by atoms with E-state index in [0.717, 1.165) is 23.5 Å². The number of benzene rings is 1. The lowest BCUT2D eigenvalue weighted by molar-refractivity contribution is -0.119. The third kappa shape index (κ3) is 5.30. The summed E-state index contributed by atoms with van der Waals surface area (Å²) in [7, 11) is 0. The maximum Gasteiger partial charge on any atom is 0.230 e. The van der Waals surface area contributed by atoms with Gasteiger partial charge in [0.15, 0.2) is 0 Å². The van der Waals surface area contributed by atoms with Crippen molar-refractivity contribution in [3.8, 4) is 5.75 Å². The number of carbonyl (C=O) groups excluding carboxylic acids is 1. The number of amides is 1. The van der Waals surface area contributed by atoms with Gasteiger partial charge in [0.1, 0.15) is 5.75 Å². The number of carbonyl (C=O) groups is 1. The largest absolute Gasteiger partial charge is 0.494 e. The van der Waals surface area contributed by atoms with Crippen LogP contribution in [-0.2, 0) is 4.79 Å². The minimum Gasteiger partial charge on any atom is -0.494 e. The fraction of sp³-hybridized carbons (Fsp3) is 0.588. The van der Waals surface area contributed by atoms with E-state index in [2.05, 4.69) is 10.6 Å². The molecule has 1 amide bonds. The van der Waals surface area contributed by atoms with E-state index in [0.29, 0.717) is 30.5 Å². The third-order valence-electron chi connectivity index (χ3n) is 4.34. The highest BCUT2D eigenvalue weighted by atomic mass is 35.5. The summed E-state index contributed by atoms with van der Waals surface area (Å²) in [4.78, 5) is 13.2. The molecule has 2 unspecified atom stereocenters. The zero-order valence-corrected chi connectivity index (χ0v) is 15.1. The molecule has 128 valence electrons. The maximum absolute atomic E-state index is 12.1. The molecule has 2 aliphatic heterocycles. The van der Waals surface area contributed by atoms with E-state index in [1.165, 1.54) is 12.8 Å². The summed E-state index contributed by atoms with van der Waals surface area (Å²) >= 11 is 1.58. The number of hydrogen-bond donors (Lipinski definition) is 2. The third-order valence-corrected chi connectivity index (χ3v) is 5.35. The van der Waals surface area contributed by atoms with Gasteiger partial charge >= 0.3 is 0 Å². The highest BCUT2D eigenvalue weighted by Crippen LogP contribution is 2.27. The fourth-order valence-electron chi connectivity index (χ4n) is 3.39. The van der Waals surface area contributed by atoms with E-state index in [1.807, 2.05) is 31.2 Å². The summed E-state index contributed by atoms with van der Waals surface area (Å²) in [6.07, 6.45) is 4.68. The Kier molecular flexibility index (Phi) is 7.06. The molecule has 0 spiro atoms. The van der Waals surface area contributed by atoms with E-state index in [4.69, 9.17) is 4.74 Å². The molecule has 2 atom stereocenters. The molecular weight excluding hydrogens is 332 g/mol. The monoisotopic (exact) mass is 356 g/mol. The molecule has 1 aromatic carbocycles. The van der Waals surface area contributed by atoms with E-state index in [-0.39, 0.29) is 18.3 Å². The molecule has 2 saturated heterocycles. The minimum atomic E-state index is 0. The van der Waals surface area contributed by atoms with Gasteiger partial charge in [-0.3, -0.25) is 4.79 Å². The molecule has 2 N–H and O–H groups in total. The van der Waals surface area contributed by atoms with Crippen LogP contribution in [0, 0.1) is 0 Å². The second kappa shape index (κ2) is 8.81. The van der Waals surface area contributed by atoms with Crippen LogP contribution in [-0.4, -0.2) is 36.4 Å². The Morgan fingerprint density at radius 1 is 1.26 bits per heavy atom. The van der Waals surface area contributed by atoms with Crippen LogP contribution in [0.5, 0.6) is 5.75 Å². The van der Waals surface area contributed by atoms with Gasteiger partial charge in [0.25, 0.3) is 0 Å². The van der Waals surface area contributed by atoms with Crippen LogP contribution in [0.15, 0.2) is 29.2 Å². The number of fused-ring (bicyclic) bond motifs is 2. The van der Waals surface area contributed by atoms with Crippen LogP contribution in [0.2, 0.25) is 0 Å². The van der Waals surface area contributed by atoms with Crippen LogP contribution in [0.3, 0.4) is 0 Å². The van der Waals surface area contributed by atoms with Crippen LogP contribution < -0.4 is 15.4 Å². The van der Waals surface area contributed by atoms with Gasteiger partial charge in [-0.1, -0.05) is 0 Å². The topological polar surface area (TPSA) is 50.4 Å². The number of nitrogens with one attached hydrogen (secondary N) is 2. The Hall–Kier alpha value is -0.910. The van der Waals surface area contributed by atoms with E-state index in [9.17, 15) is 4.79 Å². The standard InChI is InChI=1S/C17H24N2O2S.ClH/c1-2-21-15-5-7-16(8-6-15)22-11-17(20)19-14-9-12-3-4-13(10-14)18-12;/h5-8,12-14,18H,2-4,9-11H2,1H3,(H,19,20);1H. The number of ether oxygens (including phenoxy) is 1. The van der Waals surface area contributed by atoms with Crippen LogP contribution in [0.4, 0.5) is 0 Å². The molecule has 2 fully saturated rings. The van der Waals surface area contributed by atoms with Crippen molar-refractivity contribution in [3.05, 3.63) is 24.3 Å². The molecule has 0 radical (unpaired) electrons. The first kappa shape index (κ1) is 18.4. The minimum absolute atomic E-state index is 0. The van der Waals surface area contributed by atoms with Crippen molar-refractivity contribution in [2.24, 2.45) is 0 Å². The van der Waals surface area contributed by atoms with Gasteiger partial charge in [0, 0.05) is 23.0 Å². The molecule has 2 heterocycles. The Morgan fingerprint density at radius 2 is 1.91 bits per heavy atom. The number of rotatable bonds is 6. The number of piperidine rings is 1. The Bertz CT molecular complexity index is 500. The average molecular weight is 357 g/mol. The Balaban J connectivity index is 0.00000192. The summed E-state index contributed by atoms with van der Waals surface area (Å²) < 4.78 is 5.42. The summed E-state index contributed by atoms with van der Waals surface area (Å²) in [5.41, 5.74) is 0. The summed E-state index contributed by atoms with van der Waals surface area (Å²) in [5.74, 6) is 1.50. The van der Waals surface area contributed by atoms with Crippen LogP contribution in [0.25, 0.3) is 0 Å². The normalized spacial score (nSPS) is 25.5. The SMILES string of the molecule is CCOc1ccc(SCC(=O)NC2CC3CCC(C2)N3)cc1.Cl. The smallest absolute Gasteiger partial charge is 0.230 e. The maximum atomic E-state index is 12.1. The van der Waals surface area contributed by atoms with Crippen molar-refractivity contribution >= 4 is 30.1 Å². The second-order valence-electron chi connectivity index (χ2n) is 6.07. The van der Waals surface area contributed by atoms with Crippen LogP contribution >= 0.6 is 24.2 Å². The van der Waals surface area contributed by atoms with Crippen molar-refractivity contribution < 1.29 is 9.53 Å². The number of hydrogen-bond acceptors (Lipinski definition) is 4. The van der Waals surface area contributed by atoms with Gasteiger partial charge in [0.05, 0.1) is 12.4 Å². The summed E-state index contributed by atoms with van der Waals surface area (Å²) in [6, 6.07) is 9.50. The fourth-order valence-corrected chi connectivity index (χ4v) is 4.10. The number of thioether (sulfide) groups is 1. The van der Waals surface area contributed by atoms with E-state index < -0.39 is 0 Å².